The van der Waals surface area contributed by atoms with E-state index in [9.17, 15) is 9.59 Å². The number of nitrogens with zero attached hydrogens (tertiary/aromatic N) is 1. The molecule has 0 unspecified atom stereocenters. The predicted octanol–water partition coefficient (Wildman–Crippen LogP) is 6.22. The Hall–Kier alpha value is -5.32. The van der Waals surface area contributed by atoms with Crippen LogP contribution in [-0.4, -0.2) is 79.2 Å². The summed E-state index contributed by atoms with van der Waals surface area (Å²) in [6.07, 6.45) is 1.45. The number of hydrogen-bond donors (Lipinski definition) is 0. The van der Waals surface area contributed by atoms with Gasteiger partial charge in [-0.05, 0) is 43.0 Å². The molecule has 3 aliphatic rings. The molecule has 4 aromatic rings. The van der Waals surface area contributed by atoms with Gasteiger partial charge in [-0.3, -0.25) is 4.79 Å². The summed E-state index contributed by atoms with van der Waals surface area (Å²) in [5.41, 5.74) is 4.58. The Bertz CT molecular complexity index is 2040. The maximum Gasteiger partial charge on any atom is 0.338 e. The monoisotopic (exact) mass is 697 g/mol. The van der Waals surface area contributed by atoms with Gasteiger partial charge in [0.1, 0.15) is 12.4 Å². The number of methoxy groups -OCH3 is 7. The standard InChI is InChI=1S/C40H43NO10/c1-20-32(44-2)26-17-22-16-25(30(26)35(47-5)33(20)45-3)28-18-27-31(36(48-6)38(50-8)37(49-7)34(27)46-4)29(41(28)39(22)42)19-51-40(43)24-15-11-13-21-12-9-10-14-23(21)24/h9-15,22,25,28-29H,16-19H2,1-8H3/t22-,25-,28+,29+/m0/s1. The first-order valence-electron chi connectivity index (χ1n) is 16.9. The summed E-state index contributed by atoms with van der Waals surface area (Å²) in [6.45, 7) is 1.79. The van der Waals surface area contributed by atoms with Crippen molar-refractivity contribution in [3.05, 3.63) is 75.8 Å². The molecule has 0 spiro atoms. The third-order valence-electron chi connectivity index (χ3n) is 10.9. The number of ether oxygens (including phenoxy) is 8. The number of rotatable bonds is 10. The van der Waals surface area contributed by atoms with Crippen LogP contribution in [0, 0.1) is 12.8 Å². The lowest BCUT2D eigenvalue weighted by Crippen LogP contribution is -2.58. The van der Waals surface area contributed by atoms with Crippen LogP contribution in [0.25, 0.3) is 10.8 Å². The lowest BCUT2D eigenvalue weighted by molar-refractivity contribution is -0.149. The zero-order chi connectivity index (χ0) is 36.1. The van der Waals surface area contributed by atoms with E-state index in [0.29, 0.717) is 70.6 Å². The van der Waals surface area contributed by atoms with E-state index in [1.807, 2.05) is 48.2 Å². The van der Waals surface area contributed by atoms with Gasteiger partial charge in [-0.25, -0.2) is 4.79 Å². The molecule has 1 amide bonds. The largest absolute Gasteiger partial charge is 0.496 e. The lowest BCUT2D eigenvalue weighted by Gasteiger charge is -2.53. The highest BCUT2D eigenvalue weighted by molar-refractivity contribution is 6.04. The van der Waals surface area contributed by atoms with Crippen LogP contribution in [-0.2, 0) is 22.4 Å². The molecule has 4 atom stereocenters. The summed E-state index contributed by atoms with van der Waals surface area (Å²) in [5, 5.41) is 1.70. The first-order chi connectivity index (χ1) is 24.8. The molecule has 0 N–H and O–H groups in total. The number of carbonyl (C=O) groups excluding carboxylic acids is 2. The van der Waals surface area contributed by atoms with E-state index in [0.717, 1.165) is 33.0 Å². The molecule has 2 aliphatic heterocycles. The van der Waals surface area contributed by atoms with E-state index >= 15 is 0 Å². The van der Waals surface area contributed by atoms with Crippen LogP contribution in [0.1, 0.15) is 56.6 Å². The van der Waals surface area contributed by atoms with E-state index in [1.165, 1.54) is 7.11 Å². The Kier molecular flexibility index (Phi) is 8.99. The predicted molar refractivity (Wildman–Crippen MR) is 189 cm³/mol. The van der Waals surface area contributed by atoms with E-state index in [1.54, 1.807) is 48.7 Å². The highest BCUT2D eigenvalue weighted by Gasteiger charge is 2.54. The second-order valence-electron chi connectivity index (χ2n) is 13.0. The van der Waals surface area contributed by atoms with Crippen LogP contribution in [0.4, 0.5) is 0 Å². The topological polar surface area (TPSA) is 111 Å². The molecule has 1 saturated heterocycles. The lowest BCUT2D eigenvalue weighted by atomic mass is 9.65. The molecule has 0 saturated carbocycles. The van der Waals surface area contributed by atoms with E-state index in [2.05, 4.69) is 0 Å². The van der Waals surface area contributed by atoms with Crippen molar-refractivity contribution in [3.8, 4) is 40.2 Å². The number of piperidine rings is 1. The minimum absolute atomic E-state index is 0.0379. The van der Waals surface area contributed by atoms with Crippen molar-refractivity contribution in [1.29, 1.82) is 0 Å². The van der Waals surface area contributed by atoms with E-state index < -0.39 is 12.0 Å². The summed E-state index contributed by atoms with van der Waals surface area (Å²) in [7, 11) is 11.1. The number of benzene rings is 4. The van der Waals surface area contributed by atoms with Crippen LogP contribution in [0.3, 0.4) is 0 Å². The number of fused-ring (bicyclic) bond motifs is 8. The molecule has 1 aliphatic carbocycles. The van der Waals surface area contributed by atoms with Gasteiger partial charge in [-0.1, -0.05) is 36.4 Å². The first kappa shape index (κ1) is 34.1. The second-order valence-corrected chi connectivity index (χ2v) is 13.0. The Balaban J connectivity index is 1.43. The van der Waals surface area contributed by atoms with E-state index in [4.69, 9.17) is 37.9 Å². The summed E-state index contributed by atoms with van der Waals surface area (Å²) in [4.78, 5) is 30.6. The Morgan fingerprint density at radius 1 is 0.686 bits per heavy atom. The minimum atomic E-state index is -0.749. The first-order valence-corrected chi connectivity index (χ1v) is 16.9. The molecule has 11 heteroatoms. The summed E-state index contributed by atoms with van der Waals surface area (Å²) >= 11 is 0. The Morgan fingerprint density at radius 2 is 1.27 bits per heavy atom. The quantitative estimate of drug-likeness (QED) is 0.177. The zero-order valence-electron chi connectivity index (χ0n) is 30.2. The third kappa shape index (κ3) is 5.07. The second kappa shape index (κ2) is 13.4. The fourth-order valence-corrected chi connectivity index (χ4v) is 8.90. The van der Waals surface area contributed by atoms with Crippen LogP contribution in [0.5, 0.6) is 40.2 Å². The van der Waals surface area contributed by atoms with Gasteiger partial charge >= 0.3 is 5.97 Å². The van der Waals surface area contributed by atoms with Crippen LogP contribution in [0.15, 0.2) is 42.5 Å². The molecule has 2 bridgehead atoms. The summed E-state index contributed by atoms with van der Waals surface area (Å²) < 4.78 is 47.9. The van der Waals surface area contributed by atoms with Crippen molar-refractivity contribution >= 4 is 22.6 Å². The maximum atomic E-state index is 14.8. The SMILES string of the molecule is COc1c(C)c(OC)c(OC)c2c1C[C@@H]1C[C@H]2[C@H]2Cc3c(OC)c(OC)c(OC)c(OC)c3[C@@H](COC(=O)c3cccc4ccccc34)N2C1=O. The van der Waals surface area contributed by atoms with Crippen molar-refractivity contribution in [2.75, 3.05) is 56.4 Å². The fourth-order valence-electron chi connectivity index (χ4n) is 8.90. The van der Waals surface area contributed by atoms with Gasteiger partial charge in [0, 0.05) is 45.7 Å². The number of amides is 1. The van der Waals surface area contributed by atoms with Crippen LogP contribution < -0.4 is 33.2 Å². The smallest absolute Gasteiger partial charge is 0.338 e. The van der Waals surface area contributed by atoms with Gasteiger partial charge in [0.25, 0.3) is 0 Å². The van der Waals surface area contributed by atoms with Crippen LogP contribution in [0.2, 0.25) is 0 Å². The average molecular weight is 698 g/mol. The number of carbonyl (C=O) groups is 2. The van der Waals surface area contributed by atoms with Gasteiger partial charge in [-0.2, -0.15) is 0 Å². The van der Waals surface area contributed by atoms with Crippen molar-refractivity contribution in [2.24, 2.45) is 5.92 Å². The van der Waals surface area contributed by atoms with Gasteiger partial charge in [0.15, 0.2) is 23.0 Å². The van der Waals surface area contributed by atoms with Gasteiger partial charge in [-0.15, -0.1) is 0 Å². The van der Waals surface area contributed by atoms with E-state index in [-0.39, 0.29) is 30.4 Å². The fraction of sp³-hybridized carbons (Fsp3) is 0.400. The molecular weight excluding hydrogens is 654 g/mol. The molecule has 11 nitrogen and oxygen atoms in total. The maximum absolute atomic E-state index is 14.8. The number of hydrogen-bond acceptors (Lipinski definition) is 10. The molecule has 0 radical (unpaired) electrons. The van der Waals surface area contributed by atoms with Crippen molar-refractivity contribution in [1.82, 2.24) is 4.90 Å². The van der Waals surface area contributed by atoms with Crippen molar-refractivity contribution < 1.29 is 47.5 Å². The zero-order valence-corrected chi connectivity index (χ0v) is 30.2. The molecule has 268 valence electrons. The minimum Gasteiger partial charge on any atom is -0.496 e. The van der Waals surface area contributed by atoms with Gasteiger partial charge < -0.3 is 42.8 Å². The third-order valence-corrected chi connectivity index (χ3v) is 10.9. The molecule has 51 heavy (non-hydrogen) atoms. The molecular formula is C40H43NO10. The molecule has 1 fully saturated rings. The van der Waals surface area contributed by atoms with Crippen molar-refractivity contribution in [3.63, 3.8) is 0 Å². The Labute approximate surface area is 297 Å². The van der Waals surface area contributed by atoms with Gasteiger partial charge in [0.05, 0.1) is 61.4 Å². The highest BCUT2D eigenvalue weighted by atomic mass is 16.5. The molecule has 7 rings (SSSR count). The molecule has 4 aromatic carbocycles. The normalized spacial score (nSPS) is 20.1. The number of esters is 1. The summed E-state index contributed by atoms with van der Waals surface area (Å²) in [6, 6.07) is 12.1. The highest BCUT2D eigenvalue weighted by Crippen LogP contribution is 2.60. The summed E-state index contributed by atoms with van der Waals surface area (Å²) in [5.74, 6) is 2.40. The molecule has 0 aromatic heterocycles. The Morgan fingerprint density at radius 3 is 1.94 bits per heavy atom. The van der Waals surface area contributed by atoms with Gasteiger partial charge in [0.2, 0.25) is 17.4 Å². The molecule has 2 heterocycles. The average Bonchev–Trinajstić information content (AvgIpc) is 3.16. The van der Waals surface area contributed by atoms with Crippen LogP contribution >= 0.6 is 0 Å². The van der Waals surface area contributed by atoms with Crippen molar-refractivity contribution in [2.45, 2.75) is 44.2 Å².